The van der Waals surface area contributed by atoms with Crippen molar-refractivity contribution in [1.82, 2.24) is 0 Å². The van der Waals surface area contributed by atoms with Gasteiger partial charge >= 0.3 is 0 Å². The van der Waals surface area contributed by atoms with E-state index in [4.69, 9.17) is 18.9 Å². The second kappa shape index (κ2) is 7.67. The van der Waals surface area contributed by atoms with Crippen LogP contribution in [0.4, 0.5) is 0 Å². The lowest BCUT2D eigenvalue weighted by Crippen LogP contribution is -2.57. The van der Waals surface area contributed by atoms with Gasteiger partial charge in [0.2, 0.25) is 0 Å². The molecule has 0 N–H and O–H groups in total. The zero-order valence-corrected chi connectivity index (χ0v) is 22.3. The van der Waals surface area contributed by atoms with Gasteiger partial charge in [-0.25, -0.2) is 0 Å². The number of allylic oxidation sites excluding steroid dienone is 4. The molecule has 5 aromatic carbocycles. The molecule has 4 nitrogen and oxygen atoms in total. The van der Waals surface area contributed by atoms with Gasteiger partial charge in [-0.15, -0.1) is 0 Å². The molecule has 0 fully saturated rings. The monoisotopic (exact) mass is 528 g/mol. The van der Waals surface area contributed by atoms with E-state index in [9.17, 15) is 0 Å². The van der Waals surface area contributed by atoms with E-state index in [1.54, 1.807) is 0 Å². The highest BCUT2D eigenvalue weighted by molar-refractivity contribution is 6.98. The summed E-state index contributed by atoms with van der Waals surface area (Å²) in [6.07, 6.45) is 5.47. The fraction of sp³-hybridized carbons (Fsp3) is 0.0857. The van der Waals surface area contributed by atoms with Crippen molar-refractivity contribution >= 4 is 51.5 Å². The minimum atomic E-state index is 0.0329. The van der Waals surface area contributed by atoms with E-state index in [2.05, 4.69) is 73.7 Å². The molecule has 0 bridgehead atoms. The van der Waals surface area contributed by atoms with Crippen LogP contribution in [0.1, 0.15) is 13.3 Å². The van der Waals surface area contributed by atoms with Crippen LogP contribution in [-0.4, -0.2) is 13.4 Å². The van der Waals surface area contributed by atoms with Crippen molar-refractivity contribution in [2.75, 3.05) is 0 Å². The molecule has 0 spiro atoms. The molecule has 0 radical (unpaired) electrons. The summed E-state index contributed by atoms with van der Waals surface area (Å²) in [5, 5.41) is 2.31. The molecule has 41 heavy (non-hydrogen) atoms. The lowest BCUT2D eigenvalue weighted by Gasteiger charge is -2.36. The zero-order chi connectivity index (χ0) is 26.8. The van der Waals surface area contributed by atoms with E-state index < -0.39 is 0 Å². The number of rotatable bonds is 0. The molecular weight excluding hydrogens is 506 g/mol. The molecule has 1 unspecified atom stereocenters. The third-order valence-corrected chi connectivity index (χ3v) is 9.25. The van der Waals surface area contributed by atoms with Gasteiger partial charge < -0.3 is 18.9 Å². The summed E-state index contributed by atoms with van der Waals surface area (Å²) >= 11 is 0. The Morgan fingerprint density at radius 3 is 2.07 bits per heavy atom. The number of benzene rings is 5. The van der Waals surface area contributed by atoms with Gasteiger partial charge in [-0.2, -0.15) is 0 Å². The molecule has 0 amide bonds. The fourth-order valence-corrected chi connectivity index (χ4v) is 7.48. The Kier molecular flexibility index (Phi) is 4.10. The van der Waals surface area contributed by atoms with Crippen molar-refractivity contribution in [3.05, 3.63) is 108 Å². The molecule has 192 valence electrons. The van der Waals surface area contributed by atoms with Crippen molar-refractivity contribution in [1.29, 1.82) is 0 Å². The first kappa shape index (κ1) is 21.9. The number of para-hydroxylation sites is 1. The lowest BCUT2D eigenvalue weighted by molar-refractivity contribution is 0.379. The largest absolute Gasteiger partial charge is 0.463 e. The van der Waals surface area contributed by atoms with Crippen molar-refractivity contribution in [3.63, 3.8) is 0 Å². The number of hydrogen-bond acceptors (Lipinski definition) is 4. The molecule has 0 saturated carbocycles. The normalized spacial score (nSPS) is 18.0. The molecule has 6 heteroatoms. The molecule has 5 aliphatic rings. The van der Waals surface area contributed by atoms with Crippen LogP contribution in [0.25, 0.3) is 10.8 Å². The third-order valence-electron chi connectivity index (χ3n) is 9.25. The Morgan fingerprint density at radius 1 is 0.585 bits per heavy atom. The molecule has 1 aliphatic carbocycles. The summed E-state index contributed by atoms with van der Waals surface area (Å²) in [6, 6.07) is 29.4. The average molecular weight is 528 g/mol. The van der Waals surface area contributed by atoms with Crippen LogP contribution in [-0.2, 0) is 0 Å². The zero-order valence-electron chi connectivity index (χ0n) is 22.3. The highest BCUT2D eigenvalue weighted by Crippen LogP contribution is 2.41. The van der Waals surface area contributed by atoms with Crippen molar-refractivity contribution in [2.24, 2.45) is 5.92 Å². The Labute approximate surface area is 238 Å². The van der Waals surface area contributed by atoms with Crippen LogP contribution >= 0.6 is 0 Å². The Morgan fingerprint density at radius 2 is 1.24 bits per heavy atom. The molecular formula is C35H22B2O4. The number of ether oxygens (including phenoxy) is 4. The van der Waals surface area contributed by atoms with Gasteiger partial charge in [-0.3, -0.25) is 0 Å². The predicted molar refractivity (Wildman–Crippen MR) is 164 cm³/mol. The maximum atomic E-state index is 6.66. The highest BCUT2D eigenvalue weighted by atomic mass is 16.5. The van der Waals surface area contributed by atoms with E-state index in [1.165, 1.54) is 16.3 Å². The van der Waals surface area contributed by atoms with Crippen LogP contribution in [0.3, 0.4) is 0 Å². The molecule has 4 aliphatic heterocycles. The first-order valence-corrected chi connectivity index (χ1v) is 14.3. The van der Waals surface area contributed by atoms with E-state index >= 15 is 0 Å². The molecule has 0 aromatic heterocycles. The molecule has 5 aromatic rings. The lowest BCUT2D eigenvalue weighted by atomic mass is 9.33. The quantitative estimate of drug-likeness (QED) is 0.258. The SMILES string of the molecule is CC1C=CC2=C(C1)Oc1cccc3c1B2c1c(ccc2cc4c(cc12)Oc1cccc2c1B4c1ccccc1O2)O3. The molecule has 1 atom stereocenters. The van der Waals surface area contributed by atoms with Crippen LogP contribution < -0.4 is 46.3 Å². The topological polar surface area (TPSA) is 36.9 Å². The van der Waals surface area contributed by atoms with Gasteiger partial charge in [0.25, 0.3) is 13.4 Å². The van der Waals surface area contributed by atoms with Crippen LogP contribution in [0, 0.1) is 5.92 Å². The minimum Gasteiger partial charge on any atom is -0.463 e. The van der Waals surface area contributed by atoms with Gasteiger partial charge in [0.05, 0.1) is 5.76 Å². The van der Waals surface area contributed by atoms with Gasteiger partial charge in [0, 0.05) is 17.3 Å². The summed E-state index contributed by atoms with van der Waals surface area (Å²) in [5.74, 6) is 7.65. The summed E-state index contributed by atoms with van der Waals surface area (Å²) in [4.78, 5) is 0. The summed E-state index contributed by atoms with van der Waals surface area (Å²) < 4.78 is 26.0. The van der Waals surface area contributed by atoms with Gasteiger partial charge in [-0.1, -0.05) is 61.5 Å². The maximum absolute atomic E-state index is 6.66. The Balaban J connectivity index is 1.24. The second-order valence-electron chi connectivity index (χ2n) is 11.7. The molecule has 4 heterocycles. The summed E-state index contributed by atoms with van der Waals surface area (Å²) in [7, 11) is 0. The first-order valence-electron chi connectivity index (χ1n) is 14.3. The van der Waals surface area contributed by atoms with E-state index in [-0.39, 0.29) is 13.4 Å². The highest BCUT2D eigenvalue weighted by Gasteiger charge is 2.44. The van der Waals surface area contributed by atoms with Gasteiger partial charge in [0.1, 0.15) is 40.2 Å². The standard InChI is InChI=1S/C35H22B2O4/c1-19-12-14-23-31(16-19)40-29-11-5-10-28-35(29)37(23)33-21-18-32-24(17-20(21)13-15-30(33)39-28)36-22-6-2-3-7-25(22)38-26-8-4-9-27(41-32)34(26)36/h2-15,17-19H,16H2,1H3. The first-order chi connectivity index (χ1) is 20.2. The van der Waals surface area contributed by atoms with Crippen LogP contribution in [0.5, 0.6) is 40.2 Å². The Bertz CT molecular complexity index is 2080. The summed E-state index contributed by atoms with van der Waals surface area (Å²) in [5.41, 5.74) is 6.93. The maximum Gasteiger partial charge on any atom is 0.261 e. The third kappa shape index (κ3) is 2.87. The van der Waals surface area contributed by atoms with E-state index in [0.717, 1.165) is 79.7 Å². The summed E-state index contributed by atoms with van der Waals surface area (Å²) in [6.45, 7) is 2.31. The van der Waals surface area contributed by atoms with E-state index in [0.29, 0.717) is 5.92 Å². The number of hydrogen-bond donors (Lipinski definition) is 0. The average Bonchev–Trinajstić information content (AvgIpc) is 2.99. The van der Waals surface area contributed by atoms with Crippen molar-refractivity contribution in [3.8, 4) is 40.2 Å². The van der Waals surface area contributed by atoms with E-state index in [1.807, 2.05) is 30.3 Å². The molecule has 10 rings (SSSR count). The second-order valence-corrected chi connectivity index (χ2v) is 11.7. The van der Waals surface area contributed by atoms with Crippen LogP contribution in [0.2, 0.25) is 0 Å². The van der Waals surface area contributed by atoms with Gasteiger partial charge in [0.15, 0.2) is 0 Å². The molecule has 0 saturated heterocycles. The number of fused-ring (bicyclic) bond motifs is 9. The van der Waals surface area contributed by atoms with Crippen molar-refractivity contribution in [2.45, 2.75) is 13.3 Å². The Hall–Kier alpha value is -4.83. The predicted octanol–water partition coefficient (Wildman–Crippen LogP) is 5.06. The van der Waals surface area contributed by atoms with Crippen LogP contribution in [0.15, 0.2) is 108 Å². The fourth-order valence-electron chi connectivity index (χ4n) is 7.48. The van der Waals surface area contributed by atoms with Crippen molar-refractivity contribution < 1.29 is 18.9 Å². The van der Waals surface area contributed by atoms with Gasteiger partial charge in [-0.05, 0) is 81.0 Å². The minimum absolute atomic E-state index is 0.0329. The smallest absolute Gasteiger partial charge is 0.261 e.